The Kier molecular flexibility index (Phi) is 6.45. The van der Waals surface area contributed by atoms with Crippen LogP contribution in [0.4, 0.5) is 8.78 Å². The molecule has 0 aromatic heterocycles. The number of benzene rings is 2. The summed E-state index contributed by atoms with van der Waals surface area (Å²) < 4.78 is 29.4. The Morgan fingerprint density at radius 1 is 0.885 bits per heavy atom. The highest BCUT2D eigenvalue weighted by molar-refractivity contribution is 5.65. The Labute approximate surface area is 156 Å². The summed E-state index contributed by atoms with van der Waals surface area (Å²) in [6.07, 6.45) is 9.71. The lowest BCUT2D eigenvalue weighted by Gasteiger charge is -2.29. The van der Waals surface area contributed by atoms with E-state index in [-0.39, 0.29) is 5.56 Å². The first-order valence-electron chi connectivity index (χ1n) is 10.1. The van der Waals surface area contributed by atoms with Crippen LogP contribution >= 0.6 is 0 Å². The highest BCUT2D eigenvalue weighted by Gasteiger charge is 2.24. The topological polar surface area (TPSA) is 0 Å². The lowest BCUT2D eigenvalue weighted by atomic mass is 9.77. The average molecular weight is 357 g/mol. The van der Waals surface area contributed by atoms with Crippen molar-refractivity contribution in [2.75, 3.05) is 0 Å². The molecule has 3 rings (SSSR count). The minimum Gasteiger partial charge on any atom is -0.206 e. The minimum atomic E-state index is -0.436. The van der Waals surface area contributed by atoms with Crippen molar-refractivity contribution in [1.82, 2.24) is 0 Å². The molecule has 1 saturated carbocycles. The molecule has 1 aliphatic rings. The van der Waals surface area contributed by atoms with Gasteiger partial charge >= 0.3 is 0 Å². The third kappa shape index (κ3) is 4.52. The molecule has 0 radical (unpaired) electrons. The fourth-order valence-electron chi connectivity index (χ4n) is 4.29. The maximum Gasteiger partial charge on any atom is 0.134 e. The second-order valence-corrected chi connectivity index (χ2v) is 7.94. The van der Waals surface area contributed by atoms with Gasteiger partial charge in [-0.2, -0.15) is 0 Å². The first-order chi connectivity index (χ1) is 12.6. The van der Waals surface area contributed by atoms with E-state index in [1.807, 2.05) is 19.1 Å². The van der Waals surface area contributed by atoms with Gasteiger partial charge in [0.25, 0.3) is 0 Å². The summed E-state index contributed by atoms with van der Waals surface area (Å²) in [6.45, 7) is 4.21. The van der Waals surface area contributed by atoms with Crippen LogP contribution in [0, 0.1) is 24.5 Å². The molecule has 1 fully saturated rings. The molecule has 26 heavy (non-hydrogen) atoms. The van der Waals surface area contributed by atoms with Crippen LogP contribution in [0.2, 0.25) is 0 Å². The maximum atomic E-state index is 14.7. The zero-order valence-electron chi connectivity index (χ0n) is 16.0. The normalized spacial score (nSPS) is 20.3. The molecule has 2 heteroatoms. The van der Waals surface area contributed by atoms with Crippen LogP contribution in [0.25, 0.3) is 11.1 Å². The van der Waals surface area contributed by atoms with Crippen LogP contribution < -0.4 is 0 Å². The molecule has 1 aliphatic carbocycles. The molecular weight excluding hydrogens is 326 g/mol. The quantitative estimate of drug-likeness (QED) is 0.463. The van der Waals surface area contributed by atoms with Crippen molar-refractivity contribution in [3.63, 3.8) is 0 Å². The van der Waals surface area contributed by atoms with Crippen molar-refractivity contribution in [2.24, 2.45) is 5.92 Å². The Balaban J connectivity index is 1.70. The van der Waals surface area contributed by atoms with Gasteiger partial charge in [-0.25, -0.2) is 8.78 Å². The fourth-order valence-corrected chi connectivity index (χ4v) is 4.29. The first kappa shape index (κ1) is 19.1. The Bertz CT molecular complexity index is 686. The lowest BCUT2D eigenvalue weighted by Crippen LogP contribution is -2.14. The van der Waals surface area contributed by atoms with Crippen molar-refractivity contribution < 1.29 is 8.78 Å². The number of hydrogen-bond acceptors (Lipinski definition) is 0. The molecule has 0 amide bonds. The SMILES string of the molecule is CCCCCC1CCC(c2cc(F)c(-c3ccc(C)cc3)c(F)c2)CC1. The minimum absolute atomic E-state index is 0.0991. The maximum absolute atomic E-state index is 14.7. The summed E-state index contributed by atoms with van der Waals surface area (Å²) in [5.41, 5.74) is 2.63. The van der Waals surface area contributed by atoms with E-state index < -0.39 is 11.6 Å². The van der Waals surface area contributed by atoms with Gasteiger partial charge in [-0.1, -0.05) is 62.4 Å². The van der Waals surface area contributed by atoms with Gasteiger partial charge in [0, 0.05) is 0 Å². The second-order valence-electron chi connectivity index (χ2n) is 7.94. The van der Waals surface area contributed by atoms with Crippen LogP contribution in [-0.4, -0.2) is 0 Å². The first-order valence-corrected chi connectivity index (χ1v) is 10.1. The summed E-state index contributed by atoms with van der Waals surface area (Å²) in [5.74, 6) is 0.232. The fraction of sp³-hybridized carbons (Fsp3) is 0.500. The van der Waals surface area contributed by atoms with E-state index in [0.717, 1.165) is 29.9 Å². The predicted octanol–water partition coefficient (Wildman–Crippen LogP) is 7.79. The Morgan fingerprint density at radius 3 is 2.08 bits per heavy atom. The summed E-state index contributed by atoms with van der Waals surface area (Å²) >= 11 is 0. The number of halogens is 2. The molecule has 0 heterocycles. The van der Waals surface area contributed by atoms with E-state index in [0.29, 0.717) is 11.5 Å². The number of aryl methyl sites for hydroxylation is 1. The third-order valence-electron chi connectivity index (χ3n) is 5.94. The molecule has 0 spiro atoms. The molecular formula is C24H30F2. The van der Waals surface area contributed by atoms with E-state index in [1.54, 1.807) is 24.3 Å². The van der Waals surface area contributed by atoms with Crippen molar-refractivity contribution in [1.29, 1.82) is 0 Å². The van der Waals surface area contributed by atoms with Crippen molar-refractivity contribution in [2.45, 2.75) is 71.1 Å². The number of unbranched alkanes of at least 4 members (excludes halogenated alkanes) is 2. The van der Waals surface area contributed by atoms with Crippen LogP contribution in [0.1, 0.15) is 75.3 Å². The molecule has 2 aromatic rings. The lowest BCUT2D eigenvalue weighted by molar-refractivity contribution is 0.302. The third-order valence-corrected chi connectivity index (χ3v) is 5.94. The molecule has 0 unspecified atom stereocenters. The second kappa shape index (κ2) is 8.79. The standard InChI is InChI=1S/C24H30F2/c1-3-4-5-6-18-9-13-19(14-10-18)21-15-22(25)24(23(26)16-21)20-11-7-17(2)8-12-20/h7-8,11-12,15-16,18-19H,3-6,9-10,13-14H2,1-2H3. The van der Waals surface area contributed by atoms with Gasteiger partial charge < -0.3 is 0 Å². The number of rotatable bonds is 6. The molecule has 0 nitrogen and oxygen atoms in total. The van der Waals surface area contributed by atoms with Gasteiger partial charge in [0.15, 0.2) is 0 Å². The largest absolute Gasteiger partial charge is 0.206 e. The van der Waals surface area contributed by atoms with Gasteiger partial charge in [0.05, 0.1) is 5.56 Å². The van der Waals surface area contributed by atoms with Crippen LogP contribution in [0.3, 0.4) is 0 Å². The van der Waals surface area contributed by atoms with Gasteiger partial charge in [0.2, 0.25) is 0 Å². The van der Waals surface area contributed by atoms with Crippen molar-refractivity contribution >= 4 is 0 Å². The predicted molar refractivity (Wildman–Crippen MR) is 105 cm³/mol. The zero-order valence-corrected chi connectivity index (χ0v) is 16.0. The zero-order chi connectivity index (χ0) is 18.5. The van der Waals surface area contributed by atoms with Crippen LogP contribution in [-0.2, 0) is 0 Å². The van der Waals surface area contributed by atoms with E-state index in [4.69, 9.17) is 0 Å². The molecule has 2 aromatic carbocycles. The monoisotopic (exact) mass is 356 g/mol. The van der Waals surface area contributed by atoms with E-state index in [2.05, 4.69) is 6.92 Å². The summed E-state index contributed by atoms with van der Waals surface area (Å²) in [7, 11) is 0. The molecule has 0 atom stereocenters. The molecule has 0 N–H and O–H groups in total. The highest BCUT2D eigenvalue weighted by Crippen LogP contribution is 2.39. The Morgan fingerprint density at radius 2 is 1.50 bits per heavy atom. The van der Waals surface area contributed by atoms with E-state index >= 15 is 0 Å². The molecule has 0 saturated heterocycles. The summed E-state index contributed by atoms with van der Waals surface area (Å²) in [4.78, 5) is 0. The van der Waals surface area contributed by atoms with Crippen molar-refractivity contribution in [3.8, 4) is 11.1 Å². The number of hydrogen-bond donors (Lipinski definition) is 0. The summed E-state index contributed by atoms with van der Waals surface area (Å²) in [5, 5.41) is 0. The van der Waals surface area contributed by atoms with E-state index in [9.17, 15) is 8.78 Å². The smallest absolute Gasteiger partial charge is 0.134 e. The van der Waals surface area contributed by atoms with Crippen LogP contribution in [0.15, 0.2) is 36.4 Å². The molecule has 140 valence electrons. The van der Waals surface area contributed by atoms with Gasteiger partial charge in [0.1, 0.15) is 11.6 Å². The van der Waals surface area contributed by atoms with Crippen molar-refractivity contribution in [3.05, 3.63) is 59.2 Å². The summed E-state index contributed by atoms with van der Waals surface area (Å²) in [6, 6.07) is 10.5. The molecule has 0 bridgehead atoms. The highest BCUT2D eigenvalue weighted by atomic mass is 19.1. The van der Waals surface area contributed by atoms with E-state index in [1.165, 1.54) is 38.5 Å². The van der Waals surface area contributed by atoms with Gasteiger partial charge in [-0.05, 0) is 67.7 Å². The van der Waals surface area contributed by atoms with Gasteiger partial charge in [-0.15, -0.1) is 0 Å². The Hall–Kier alpha value is -1.70. The average Bonchev–Trinajstić information content (AvgIpc) is 2.63. The van der Waals surface area contributed by atoms with Gasteiger partial charge in [-0.3, -0.25) is 0 Å². The van der Waals surface area contributed by atoms with Crippen LogP contribution in [0.5, 0.6) is 0 Å². The molecule has 0 aliphatic heterocycles.